The Bertz CT molecular complexity index is 1220. The standard InChI is InChI=1S/C23H28N4O5S/c1-22(2,3)32-21(29)26-10-8-23(30,9-11-26)13-27-14-24-18-17(25-33-19(18)20(27)28)15-6-5-7-16(12-15)31-4/h5-7,12,14,30H,8-11,13H2,1-4H3. The topological polar surface area (TPSA) is 107 Å². The van der Waals surface area contributed by atoms with Crippen molar-refractivity contribution in [3.8, 4) is 17.0 Å². The van der Waals surface area contributed by atoms with E-state index in [4.69, 9.17) is 9.47 Å². The molecular weight excluding hydrogens is 444 g/mol. The van der Waals surface area contributed by atoms with Gasteiger partial charge in [-0.1, -0.05) is 12.1 Å². The third-order valence-electron chi connectivity index (χ3n) is 5.60. The molecule has 0 atom stereocenters. The molecule has 0 unspecified atom stereocenters. The summed E-state index contributed by atoms with van der Waals surface area (Å²) in [6, 6.07) is 7.45. The Hall–Kier alpha value is -2.98. The molecule has 4 rings (SSSR count). The molecule has 1 saturated heterocycles. The molecule has 176 valence electrons. The van der Waals surface area contributed by atoms with Crippen molar-refractivity contribution in [2.24, 2.45) is 0 Å². The van der Waals surface area contributed by atoms with Crippen LogP contribution < -0.4 is 10.3 Å². The molecule has 1 aromatic carbocycles. The number of ether oxygens (including phenoxy) is 2. The smallest absolute Gasteiger partial charge is 0.410 e. The largest absolute Gasteiger partial charge is 0.497 e. The predicted molar refractivity (Wildman–Crippen MR) is 126 cm³/mol. The maximum Gasteiger partial charge on any atom is 0.410 e. The number of hydrogen-bond acceptors (Lipinski definition) is 8. The summed E-state index contributed by atoms with van der Waals surface area (Å²) in [5, 5.41) is 11.1. The van der Waals surface area contributed by atoms with E-state index >= 15 is 0 Å². The van der Waals surface area contributed by atoms with E-state index < -0.39 is 11.2 Å². The fourth-order valence-electron chi connectivity index (χ4n) is 3.84. The van der Waals surface area contributed by atoms with Gasteiger partial charge in [-0.3, -0.25) is 9.36 Å². The van der Waals surface area contributed by atoms with Crippen LogP contribution in [0, 0.1) is 0 Å². The van der Waals surface area contributed by atoms with Crippen molar-refractivity contribution in [3.05, 3.63) is 40.9 Å². The first-order valence-electron chi connectivity index (χ1n) is 10.8. The fourth-order valence-corrected chi connectivity index (χ4v) is 4.64. The molecule has 0 bridgehead atoms. The first-order chi connectivity index (χ1) is 15.6. The predicted octanol–water partition coefficient (Wildman–Crippen LogP) is 3.29. The van der Waals surface area contributed by atoms with Crippen molar-refractivity contribution in [1.82, 2.24) is 18.8 Å². The van der Waals surface area contributed by atoms with Gasteiger partial charge in [0.25, 0.3) is 5.56 Å². The van der Waals surface area contributed by atoms with Crippen LogP contribution >= 0.6 is 11.5 Å². The van der Waals surface area contributed by atoms with Gasteiger partial charge >= 0.3 is 6.09 Å². The van der Waals surface area contributed by atoms with Crippen LogP contribution in [0.5, 0.6) is 5.75 Å². The molecular formula is C23H28N4O5S. The lowest BCUT2D eigenvalue weighted by Crippen LogP contribution is -2.50. The normalized spacial score (nSPS) is 16.1. The maximum absolute atomic E-state index is 13.1. The molecule has 3 aromatic rings. The van der Waals surface area contributed by atoms with E-state index in [0.29, 0.717) is 47.6 Å². The van der Waals surface area contributed by atoms with E-state index in [-0.39, 0.29) is 18.2 Å². The minimum absolute atomic E-state index is 0.101. The lowest BCUT2D eigenvalue weighted by Gasteiger charge is -2.38. The molecule has 1 N–H and O–H groups in total. The number of benzene rings is 1. The Morgan fingerprint density at radius 1 is 1.27 bits per heavy atom. The molecule has 1 amide bonds. The van der Waals surface area contributed by atoms with Crippen LogP contribution in [0.1, 0.15) is 33.6 Å². The van der Waals surface area contributed by atoms with Gasteiger partial charge < -0.3 is 19.5 Å². The van der Waals surface area contributed by atoms with E-state index in [2.05, 4.69) is 9.36 Å². The summed E-state index contributed by atoms with van der Waals surface area (Å²) < 4.78 is 17.0. The second-order valence-corrected chi connectivity index (χ2v) is 10.1. The number of nitrogens with zero attached hydrogens (tertiary/aromatic N) is 4. The number of aromatic nitrogens is 3. The first-order valence-corrected chi connectivity index (χ1v) is 11.6. The monoisotopic (exact) mass is 472 g/mol. The van der Waals surface area contributed by atoms with Crippen LogP contribution in [-0.2, 0) is 11.3 Å². The van der Waals surface area contributed by atoms with Gasteiger partial charge in [-0.15, -0.1) is 0 Å². The minimum Gasteiger partial charge on any atom is -0.497 e. The number of rotatable bonds is 4. The quantitative estimate of drug-likeness (QED) is 0.621. The van der Waals surface area contributed by atoms with Gasteiger partial charge in [0, 0.05) is 18.7 Å². The van der Waals surface area contributed by atoms with E-state index in [0.717, 1.165) is 17.1 Å². The Morgan fingerprint density at radius 2 is 2.00 bits per heavy atom. The van der Waals surface area contributed by atoms with Crippen LogP contribution in [0.3, 0.4) is 0 Å². The lowest BCUT2D eigenvalue weighted by molar-refractivity contribution is -0.0419. The van der Waals surface area contributed by atoms with E-state index in [1.54, 1.807) is 12.0 Å². The second kappa shape index (κ2) is 8.75. The Balaban J connectivity index is 1.51. The highest BCUT2D eigenvalue weighted by atomic mass is 32.1. The molecule has 1 aliphatic heterocycles. The Kier molecular flexibility index (Phi) is 6.15. The zero-order valence-electron chi connectivity index (χ0n) is 19.2. The highest BCUT2D eigenvalue weighted by molar-refractivity contribution is 7.13. The number of likely N-dealkylation sites (tertiary alicyclic amines) is 1. The summed E-state index contributed by atoms with van der Waals surface area (Å²) in [6.45, 7) is 6.27. The van der Waals surface area contributed by atoms with Crippen molar-refractivity contribution in [1.29, 1.82) is 0 Å². The van der Waals surface area contributed by atoms with E-state index in [9.17, 15) is 14.7 Å². The van der Waals surface area contributed by atoms with E-state index in [1.165, 1.54) is 10.9 Å². The van der Waals surface area contributed by atoms with Crippen LogP contribution in [0.15, 0.2) is 35.4 Å². The average Bonchev–Trinajstić information content (AvgIpc) is 3.20. The molecule has 1 fully saturated rings. The second-order valence-electron chi connectivity index (χ2n) is 9.31. The maximum atomic E-state index is 13.1. The van der Waals surface area contributed by atoms with Crippen molar-refractivity contribution in [2.75, 3.05) is 20.2 Å². The van der Waals surface area contributed by atoms with Crippen LogP contribution in [0.2, 0.25) is 0 Å². The third kappa shape index (κ3) is 5.01. The molecule has 1 aliphatic rings. The molecule has 0 radical (unpaired) electrons. The van der Waals surface area contributed by atoms with Crippen LogP contribution in [0.25, 0.3) is 21.5 Å². The number of carbonyl (C=O) groups is 1. The summed E-state index contributed by atoms with van der Waals surface area (Å²) in [4.78, 5) is 31.5. The fraction of sp³-hybridized carbons (Fsp3) is 0.478. The Labute approximate surface area is 195 Å². The summed E-state index contributed by atoms with van der Waals surface area (Å²) in [6.07, 6.45) is 1.75. The highest BCUT2D eigenvalue weighted by Crippen LogP contribution is 2.30. The van der Waals surface area contributed by atoms with Gasteiger partial charge in [0.15, 0.2) is 0 Å². The average molecular weight is 473 g/mol. The number of carbonyl (C=O) groups excluding carboxylic acids is 1. The minimum atomic E-state index is -1.11. The van der Waals surface area contributed by atoms with Crippen LogP contribution in [0.4, 0.5) is 4.79 Å². The molecule has 33 heavy (non-hydrogen) atoms. The summed E-state index contributed by atoms with van der Waals surface area (Å²) in [5.41, 5.74) is 0.0483. The third-order valence-corrected chi connectivity index (χ3v) is 6.43. The van der Waals surface area contributed by atoms with Crippen molar-refractivity contribution in [3.63, 3.8) is 0 Å². The number of amides is 1. The molecule has 0 saturated carbocycles. The first kappa shape index (κ1) is 23.2. The van der Waals surface area contributed by atoms with Gasteiger partial charge in [0.05, 0.1) is 25.6 Å². The molecule has 9 nitrogen and oxygen atoms in total. The summed E-state index contributed by atoms with van der Waals surface area (Å²) >= 11 is 1.10. The summed E-state index contributed by atoms with van der Waals surface area (Å²) in [7, 11) is 1.60. The number of hydrogen-bond donors (Lipinski definition) is 1. The highest BCUT2D eigenvalue weighted by Gasteiger charge is 2.36. The molecule has 2 aromatic heterocycles. The van der Waals surface area contributed by atoms with Gasteiger partial charge in [-0.2, -0.15) is 4.37 Å². The van der Waals surface area contributed by atoms with E-state index in [1.807, 2.05) is 45.0 Å². The zero-order chi connectivity index (χ0) is 23.8. The number of methoxy groups -OCH3 is 1. The summed E-state index contributed by atoms with van der Waals surface area (Å²) in [5.74, 6) is 0.696. The molecule has 0 aliphatic carbocycles. The lowest BCUT2D eigenvalue weighted by atomic mass is 9.91. The number of piperidine rings is 1. The van der Waals surface area contributed by atoms with Crippen LogP contribution in [-0.4, -0.2) is 61.4 Å². The molecule has 0 spiro atoms. The van der Waals surface area contributed by atoms with Gasteiger partial charge in [0.2, 0.25) is 0 Å². The SMILES string of the molecule is COc1cccc(-c2nsc3c(=O)n(CC4(O)CCN(C(=O)OC(C)(C)C)CC4)cnc23)c1. The van der Waals surface area contributed by atoms with Gasteiger partial charge in [0.1, 0.15) is 27.3 Å². The van der Waals surface area contributed by atoms with Gasteiger partial charge in [-0.25, -0.2) is 9.78 Å². The van der Waals surface area contributed by atoms with Gasteiger partial charge in [-0.05, 0) is 57.3 Å². The number of fused-ring (bicyclic) bond motifs is 1. The van der Waals surface area contributed by atoms with Crippen molar-refractivity contribution >= 4 is 27.8 Å². The van der Waals surface area contributed by atoms with Crippen molar-refractivity contribution in [2.45, 2.75) is 51.4 Å². The van der Waals surface area contributed by atoms with Crippen molar-refractivity contribution < 1.29 is 19.4 Å². The molecule has 10 heteroatoms. The molecule has 3 heterocycles. The Morgan fingerprint density at radius 3 is 2.67 bits per heavy atom. The number of aliphatic hydroxyl groups is 1. The zero-order valence-corrected chi connectivity index (χ0v) is 20.0.